The summed E-state index contributed by atoms with van der Waals surface area (Å²) in [5.41, 5.74) is 2.44. The van der Waals surface area contributed by atoms with Gasteiger partial charge in [-0.1, -0.05) is 0 Å². The van der Waals surface area contributed by atoms with E-state index in [4.69, 9.17) is 10.00 Å². The first kappa shape index (κ1) is 13.2. The number of hydrogen-bond donors (Lipinski definition) is 1. The van der Waals surface area contributed by atoms with E-state index in [-0.39, 0.29) is 17.2 Å². The first-order valence-electron chi connectivity index (χ1n) is 6.67. The van der Waals surface area contributed by atoms with Crippen LogP contribution in [0.15, 0.2) is 24.4 Å². The first-order valence-corrected chi connectivity index (χ1v) is 6.67. The van der Waals surface area contributed by atoms with Crippen molar-refractivity contribution < 1.29 is 9.53 Å². The van der Waals surface area contributed by atoms with E-state index in [9.17, 15) is 4.79 Å². The number of carbonyl (C=O) groups is 1. The summed E-state index contributed by atoms with van der Waals surface area (Å²) in [4.78, 5) is 14.3. The number of methoxy groups -OCH3 is 1. The molecule has 6 heteroatoms. The molecule has 0 bridgehead atoms. The average molecular weight is 282 g/mol. The van der Waals surface area contributed by atoms with Crippen molar-refractivity contribution >= 4 is 11.6 Å². The molecule has 3 rings (SSSR count). The molecule has 6 nitrogen and oxygen atoms in total. The summed E-state index contributed by atoms with van der Waals surface area (Å²) >= 11 is 0. The van der Waals surface area contributed by atoms with E-state index >= 15 is 0 Å². The van der Waals surface area contributed by atoms with Gasteiger partial charge in [0.05, 0.1) is 13.3 Å². The lowest BCUT2D eigenvalue weighted by molar-refractivity contribution is 0.0980. The molecule has 1 amide bonds. The molecule has 0 unspecified atom stereocenters. The Morgan fingerprint density at radius 1 is 1.52 bits per heavy atom. The van der Waals surface area contributed by atoms with Gasteiger partial charge in [-0.2, -0.15) is 10.4 Å². The van der Waals surface area contributed by atoms with Crippen molar-refractivity contribution in [1.29, 1.82) is 5.26 Å². The van der Waals surface area contributed by atoms with Crippen LogP contribution in [0.3, 0.4) is 0 Å². The molecule has 1 aliphatic heterocycles. The van der Waals surface area contributed by atoms with E-state index in [1.54, 1.807) is 12.0 Å². The van der Waals surface area contributed by atoms with Crippen LogP contribution in [-0.4, -0.2) is 29.8 Å². The predicted molar refractivity (Wildman–Crippen MR) is 76.3 cm³/mol. The van der Waals surface area contributed by atoms with Crippen LogP contribution in [0.25, 0.3) is 0 Å². The van der Waals surface area contributed by atoms with Gasteiger partial charge in [0.25, 0.3) is 5.91 Å². The first-order chi connectivity index (χ1) is 10.2. The molecule has 0 radical (unpaired) electrons. The fraction of sp³-hybridized carbons (Fsp3) is 0.267. The summed E-state index contributed by atoms with van der Waals surface area (Å²) in [6, 6.07) is 7.65. The minimum absolute atomic E-state index is 0.227. The third-order valence-corrected chi connectivity index (χ3v) is 3.62. The molecule has 0 atom stereocenters. The van der Waals surface area contributed by atoms with Crippen LogP contribution in [0.2, 0.25) is 0 Å². The van der Waals surface area contributed by atoms with Gasteiger partial charge in [-0.3, -0.25) is 9.89 Å². The van der Waals surface area contributed by atoms with Crippen molar-refractivity contribution in [2.45, 2.75) is 12.8 Å². The lowest BCUT2D eigenvalue weighted by Crippen LogP contribution is -2.36. The Hall–Kier alpha value is -2.81. The zero-order valence-corrected chi connectivity index (χ0v) is 11.6. The molecule has 1 aromatic heterocycles. The van der Waals surface area contributed by atoms with Crippen LogP contribution in [0.5, 0.6) is 5.75 Å². The summed E-state index contributed by atoms with van der Waals surface area (Å²) < 4.78 is 5.22. The Labute approximate surface area is 121 Å². The minimum atomic E-state index is -0.227. The molecule has 2 heterocycles. The van der Waals surface area contributed by atoms with Gasteiger partial charge in [-0.15, -0.1) is 0 Å². The van der Waals surface area contributed by atoms with E-state index in [0.717, 1.165) is 29.8 Å². The number of nitrogens with one attached hydrogen (secondary N) is 1. The van der Waals surface area contributed by atoms with E-state index in [1.165, 1.54) is 6.20 Å². The van der Waals surface area contributed by atoms with E-state index in [0.29, 0.717) is 6.54 Å². The number of ether oxygens (including phenoxy) is 1. The maximum absolute atomic E-state index is 12.6. The number of carbonyl (C=O) groups excluding carboxylic acids is 1. The van der Waals surface area contributed by atoms with E-state index < -0.39 is 0 Å². The number of aromatic amines is 1. The highest BCUT2D eigenvalue weighted by Crippen LogP contribution is 2.31. The third kappa shape index (κ3) is 2.23. The molecule has 1 aliphatic rings. The van der Waals surface area contributed by atoms with Crippen LogP contribution >= 0.6 is 0 Å². The number of hydrogen-bond acceptors (Lipinski definition) is 4. The SMILES string of the molecule is COc1ccc2c(c1)CCCN2C(=O)c1[nH]ncc1C#N. The number of nitrogens with zero attached hydrogens (tertiary/aromatic N) is 3. The Balaban J connectivity index is 1.99. The van der Waals surface area contributed by atoms with Gasteiger partial charge in [0, 0.05) is 12.2 Å². The molecule has 0 fully saturated rings. The average Bonchev–Trinajstić information content (AvgIpc) is 3.01. The zero-order valence-electron chi connectivity index (χ0n) is 11.6. The van der Waals surface area contributed by atoms with Crippen LogP contribution < -0.4 is 9.64 Å². The third-order valence-electron chi connectivity index (χ3n) is 3.62. The number of amides is 1. The number of fused-ring (bicyclic) bond motifs is 1. The van der Waals surface area contributed by atoms with Gasteiger partial charge < -0.3 is 9.64 Å². The van der Waals surface area contributed by atoms with Gasteiger partial charge in [0.2, 0.25) is 0 Å². The molecule has 21 heavy (non-hydrogen) atoms. The maximum atomic E-state index is 12.6. The largest absolute Gasteiger partial charge is 0.497 e. The van der Waals surface area contributed by atoms with Crippen LogP contribution in [0.1, 0.15) is 28.0 Å². The summed E-state index contributed by atoms with van der Waals surface area (Å²) in [5, 5.41) is 15.4. The summed E-state index contributed by atoms with van der Waals surface area (Å²) in [6.45, 7) is 0.627. The maximum Gasteiger partial charge on any atom is 0.277 e. The summed E-state index contributed by atoms with van der Waals surface area (Å²) in [5.74, 6) is 0.553. The zero-order chi connectivity index (χ0) is 14.8. The molecule has 0 aliphatic carbocycles. The number of H-pyrrole nitrogens is 1. The van der Waals surface area contributed by atoms with Crippen molar-refractivity contribution in [3.05, 3.63) is 41.2 Å². The van der Waals surface area contributed by atoms with Gasteiger partial charge >= 0.3 is 0 Å². The Kier molecular flexibility index (Phi) is 3.32. The normalized spacial score (nSPS) is 13.4. The standard InChI is InChI=1S/C15H14N4O2/c1-21-12-4-5-13-10(7-12)3-2-6-19(13)15(20)14-11(8-16)9-17-18-14/h4-5,7,9H,2-3,6H2,1H3,(H,17,18). The second-order valence-electron chi connectivity index (χ2n) is 4.83. The predicted octanol–water partition coefficient (Wildman–Crippen LogP) is 1.88. The lowest BCUT2D eigenvalue weighted by atomic mass is 10.0. The monoisotopic (exact) mass is 282 g/mol. The van der Waals surface area contributed by atoms with E-state index in [1.807, 2.05) is 24.3 Å². The highest BCUT2D eigenvalue weighted by atomic mass is 16.5. The second-order valence-corrected chi connectivity index (χ2v) is 4.83. The molecule has 2 aromatic rings. The smallest absolute Gasteiger partial charge is 0.277 e. The van der Waals surface area contributed by atoms with Gasteiger partial charge in [0.15, 0.2) is 0 Å². The van der Waals surface area contributed by atoms with E-state index in [2.05, 4.69) is 10.2 Å². The molecular weight excluding hydrogens is 268 g/mol. The number of aromatic nitrogens is 2. The van der Waals surface area contributed by atoms with Crippen LogP contribution in [-0.2, 0) is 6.42 Å². The second kappa shape index (κ2) is 5.29. The Bertz CT molecular complexity index is 730. The molecule has 0 saturated carbocycles. The van der Waals surface area contributed by atoms with Crippen molar-refractivity contribution in [3.63, 3.8) is 0 Å². The van der Waals surface area contributed by atoms with Crippen molar-refractivity contribution in [2.75, 3.05) is 18.6 Å². The fourth-order valence-corrected chi connectivity index (χ4v) is 2.58. The molecule has 0 saturated heterocycles. The summed E-state index contributed by atoms with van der Waals surface area (Å²) in [7, 11) is 1.62. The fourth-order valence-electron chi connectivity index (χ4n) is 2.58. The van der Waals surface area contributed by atoms with Gasteiger partial charge in [-0.25, -0.2) is 0 Å². The van der Waals surface area contributed by atoms with Crippen LogP contribution in [0, 0.1) is 11.3 Å². The minimum Gasteiger partial charge on any atom is -0.497 e. The number of nitriles is 1. The van der Waals surface area contributed by atoms with Gasteiger partial charge in [0.1, 0.15) is 23.1 Å². The van der Waals surface area contributed by atoms with Crippen LogP contribution in [0.4, 0.5) is 5.69 Å². The molecule has 1 aromatic carbocycles. The topological polar surface area (TPSA) is 82.0 Å². The summed E-state index contributed by atoms with van der Waals surface area (Å²) in [6.07, 6.45) is 3.15. The number of anilines is 1. The number of rotatable bonds is 2. The van der Waals surface area contributed by atoms with Gasteiger partial charge in [-0.05, 0) is 36.6 Å². The van der Waals surface area contributed by atoms with Crippen molar-refractivity contribution in [3.8, 4) is 11.8 Å². The highest BCUT2D eigenvalue weighted by Gasteiger charge is 2.26. The molecule has 0 spiro atoms. The highest BCUT2D eigenvalue weighted by molar-refractivity contribution is 6.06. The van der Waals surface area contributed by atoms with Crippen molar-refractivity contribution in [2.24, 2.45) is 0 Å². The Morgan fingerprint density at radius 2 is 2.38 bits per heavy atom. The quantitative estimate of drug-likeness (QED) is 0.911. The number of aryl methyl sites for hydroxylation is 1. The Morgan fingerprint density at radius 3 is 3.14 bits per heavy atom. The van der Waals surface area contributed by atoms with Crippen molar-refractivity contribution in [1.82, 2.24) is 10.2 Å². The molecular formula is C15H14N4O2. The molecule has 106 valence electrons. The number of benzene rings is 1. The lowest BCUT2D eigenvalue weighted by Gasteiger charge is -2.29. The molecule has 1 N–H and O–H groups in total.